The molecule has 1 aromatic rings. The Kier molecular flexibility index (Phi) is 5.20. The van der Waals surface area contributed by atoms with E-state index in [4.69, 9.17) is 0 Å². The lowest BCUT2D eigenvalue weighted by Gasteiger charge is -2.24. The second-order valence-corrected chi connectivity index (χ2v) is 5.75. The Morgan fingerprint density at radius 3 is 1.82 bits per heavy atom. The standard InChI is InChI=1S/C16H26O/c1-11(2)15-8-6-14(7-9-15)10-16(12(3)4)13(5)17/h6-9,11-13,16-17H,10H2,1-5H3. The molecule has 0 aromatic heterocycles. The molecule has 0 heterocycles. The third-order valence-corrected chi connectivity index (χ3v) is 3.59. The van der Waals surface area contributed by atoms with Crippen molar-refractivity contribution in [3.05, 3.63) is 35.4 Å². The fraction of sp³-hybridized carbons (Fsp3) is 0.625. The highest BCUT2D eigenvalue weighted by Crippen LogP contribution is 2.22. The molecule has 0 fully saturated rings. The first-order chi connectivity index (χ1) is 7.91. The fourth-order valence-corrected chi connectivity index (χ4v) is 2.27. The summed E-state index contributed by atoms with van der Waals surface area (Å²) in [5, 5.41) is 9.79. The van der Waals surface area contributed by atoms with Crippen LogP contribution in [0.3, 0.4) is 0 Å². The summed E-state index contributed by atoms with van der Waals surface area (Å²) in [6.07, 6.45) is 0.730. The van der Waals surface area contributed by atoms with E-state index in [1.165, 1.54) is 11.1 Å². The van der Waals surface area contributed by atoms with E-state index in [1.807, 2.05) is 6.92 Å². The van der Waals surface area contributed by atoms with Crippen molar-refractivity contribution in [1.82, 2.24) is 0 Å². The quantitative estimate of drug-likeness (QED) is 0.816. The molecule has 0 aliphatic heterocycles. The number of benzene rings is 1. The predicted octanol–water partition coefficient (Wildman–Crippen LogP) is 4.01. The second-order valence-electron chi connectivity index (χ2n) is 5.75. The van der Waals surface area contributed by atoms with Crippen LogP contribution in [0.15, 0.2) is 24.3 Å². The fourth-order valence-electron chi connectivity index (χ4n) is 2.27. The van der Waals surface area contributed by atoms with Gasteiger partial charge in [0.15, 0.2) is 0 Å². The van der Waals surface area contributed by atoms with Crippen LogP contribution >= 0.6 is 0 Å². The molecule has 0 amide bonds. The molecule has 96 valence electrons. The Morgan fingerprint density at radius 1 is 0.941 bits per heavy atom. The van der Waals surface area contributed by atoms with Crippen molar-refractivity contribution >= 4 is 0 Å². The molecule has 1 aromatic carbocycles. The van der Waals surface area contributed by atoms with Gasteiger partial charge in [0.2, 0.25) is 0 Å². The smallest absolute Gasteiger partial charge is 0.0545 e. The zero-order chi connectivity index (χ0) is 13.0. The van der Waals surface area contributed by atoms with Gasteiger partial charge in [-0.15, -0.1) is 0 Å². The lowest BCUT2D eigenvalue weighted by atomic mass is 9.85. The Labute approximate surface area is 106 Å². The summed E-state index contributed by atoms with van der Waals surface area (Å²) < 4.78 is 0. The van der Waals surface area contributed by atoms with E-state index < -0.39 is 0 Å². The largest absolute Gasteiger partial charge is 0.393 e. The molecule has 0 bridgehead atoms. The maximum absolute atomic E-state index is 9.79. The Bertz CT molecular complexity index is 314. The Balaban J connectivity index is 2.73. The molecule has 17 heavy (non-hydrogen) atoms. The summed E-state index contributed by atoms with van der Waals surface area (Å²) in [5.41, 5.74) is 2.71. The normalized spacial score (nSPS) is 15.3. The summed E-state index contributed by atoms with van der Waals surface area (Å²) >= 11 is 0. The number of hydrogen-bond acceptors (Lipinski definition) is 1. The average Bonchev–Trinajstić information content (AvgIpc) is 2.25. The van der Waals surface area contributed by atoms with Gasteiger partial charge in [0.1, 0.15) is 0 Å². The SMILES string of the molecule is CC(C)c1ccc(CC(C(C)C)C(C)O)cc1. The number of rotatable bonds is 5. The van der Waals surface area contributed by atoms with Crippen LogP contribution in [0.2, 0.25) is 0 Å². The summed E-state index contributed by atoms with van der Waals surface area (Å²) in [4.78, 5) is 0. The van der Waals surface area contributed by atoms with E-state index in [2.05, 4.69) is 52.0 Å². The molecular weight excluding hydrogens is 208 g/mol. The van der Waals surface area contributed by atoms with E-state index in [0.29, 0.717) is 17.8 Å². The van der Waals surface area contributed by atoms with Crippen molar-refractivity contribution < 1.29 is 5.11 Å². The molecule has 0 aliphatic rings. The lowest BCUT2D eigenvalue weighted by molar-refractivity contribution is 0.0977. The zero-order valence-corrected chi connectivity index (χ0v) is 11.8. The van der Waals surface area contributed by atoms with Gasteiger partial charge in [-0.1, -0.05) is 52.0 Å². The van der Waals surface area contributed by atoms with Crippen molar-refractivity contribution in [2.45, 2.75) is 53.1 Å². The van der Waals surface area contributed by atoms with Crippen molar-refractivity contribution in [1.29, 1.82) is 0 Å². The van der Waals surface area contributed by atoms with Crippen LogP contribution in [0.25, 0.3) is 0 Å². The number of hydrogen-bond donors (Lipinski definition) is 1. The molecule has 2 unspecified atom stereocenters. The van der Waals surface area contributed by atoms with E-state index in [1.54, 1.807) is 0 Å². The first kappa shape index (κ1) is 14.2. The van der Waals surface area contributed by atoms with Crippen molar-refractivity contribution in [2.75, 3.05) is 0 Å². The molecule has 1 heteroatoms. The van der Waals surface area contributed by atoms with Gasteiger partial charge in [0, 0.05) is 0 Å². The van der Waals surface area contributed by atoms with Gasteiger partial charge in [-0.05, 0) is 42.2 Å². The van der Waals surface area contributed by atoms with Gasteiger partial charge in [-0.2, -0.15) is 0 Å². The minimum Gasteiger partial charge on any atom is -0.393 e. The highest BCUT2D eigenvalue weighted by atomic mass is 16.3. The van der Waals surface area contributed by atoms with Crippen LogP contribution in [0.4, 0.5) is 0 Å². The molecule has 0 saturated carbocycles. The summed E-state index contributed by atoms with van der Waals surface area (Å²) in [6, 6.07) is 8.82. The van der Waals surface area contributed by atoms with Crippen molar-refractivity contribution in [2.24, 2.45) is 11.8 Å². The molecule has 1 nitrogen and oxygen atoms in total. The minimum absolute atomic E-state index is 0.236. The third kappa shape index (κ3) is 4.16. The average molecular weight is 234 g/mol. The van der Waals surface area contributed by atoms with E-state index >= 15 is 0 Å². The number of aliphatic hydroxyl groups excluding tert-OH is 1. The van der Waals surface area contributed by atoms with Gasteiger partial charge in [0.25, 0.3) is 0 Å². The van der Waals surface area contributed by atoms with Crippen LogP contribution in [-0.4, -0.2) is 11.2 Å². The van der Waals surface area contributed by atoms with Gasteiger partial charge in [-0.3, -0.25) is 0 Å². The van der Waals surface area contributed by atoms with Crippen molar-refractivity contribution in [3.8, 4) is 0 Å². The minimum atomic E-state index is -0.236. The summed E-state index contributed by atoms with van der Waals surface area (Å²) in [7, 11) is 0. The number of aliphatic hydroxyl groups is 1. The molecule has 0 saturated heterocycles. The van der Waals surface area contributed by atoms with Gasteiger partial charge < -0.3 is 5.11 Å². The van der Waals surface area contributed by atoms with Gasteiger partial charge in [0.05, 0.1) is 6.10 Å². The van der Waals surface area contributed by atoms with Gasteiger partial charge in [-0.25, -0.2) is 0 Å². The molecule has 0 radical (unpaired) electrons. The summed E-state index contributed by atoms with van der Waals surface area (Å²) in [5.74, 6) is 1.45. The molecule has 0 aliphatic carbocycles. The molecule has 0 spiro atoms. The van der Waals surface area contributed by atoms with E-state index in [-0.39, 0.29) is 6.10 Å². The highest BCUT2D eigenvalue weighted by Gasteiger charge is 2.19. The third-order valence-electron chi connectivity index (χ3n) is 3.59. The lowest BCUT2D eigenvalue weighted by Crippen LogP contribution is -2.24. The summed E-state index contributed by atoms with van der Waals surface area (Å²) in [6.45, 7) is 10.7. The van der Waals surface area contributed by atoms with Crippen LogP contribution in [0.5, 0.6) is 0 Å². The zero-order valence-electron chi connectivity index (χ0n) is 11.8. The Hall–Kier alpha value is -0.820. The first-order valence-electron chi connectivity index (χ1n) is 6.68. The molecule has 1 rings (SSSR count). The molecule has 2 atom stereocenters. The van der Waals surface area contributed by atoms with Crippen LogP contribution in [0, 0.1) is 11.8 Å². The highest BCUT2D eigenvalue weighted by molar-refractivity contribution is 5.25. The van der Waals surface area contributed by atoms with Crippen LogP contribution in [-0.2, 0) is 6.42 Å². The monoisotopic (exact) mass is 234 g/mol. The van der Waals surface area contributed by atoms with E-state index in [9.17, 15) is 5.11 Å². The first-order valence-corrected chi connectivity index (χ1v) is 6.68. The van der Waals surface area contributed by atoms with Crippen LogP contribution < -0.4 is 0 Å². The van der Waals surface area contributed by atoms with Gasteiger partial charge >= 0.3 is 0 Å². The maximum atomic E-state index is 9.79. The second kappa shape index (κ2) is 6.20. The van der Waals surface area contributed by atoms with Crippen LogP contribution in [0.1, 0.15) is 51.7 Å². The van der Waals surface area contributed by atoms with Crippen molar-refractivity contribution in [3.63, 3.8) is 0 Å². The molecule has 1 N–H and O–H groups in total. The topological polar surface area (TPSA) is 20.2 Å². The molecular formula is C16H26O. The predicted molar refractivity (Wildman–Crippen MR) is 74.2 cm³/mol. The Morgan fingerprint density at radius 2 is 1.47 bits per heavy atom. The maximum Gasteiger partial charge on any atom is 0.0545 e. The van der Waals surface area contributed by atoms with E-state index in [0.717, 1.165) is 6.42 Å².